The highest BCUT2D eigenvalue weighted by Gasteiger charge is 2.05. The fourth-order valence-corrected chi connectivity index (χ4v) is 1.58. The Morgan fingerprint density at radius 3 is 3.06 bits per heavy atom. The molecule has 0 atom stereocenters. The van der Waals surface area contributed by atoms with Gasteiger partial charge in [0.25, 0.3) is 0 Å². The van der Waals surface area contributed by atoms with Gasteiger partial charge in [-0.05, 0) is 36.8 Å². The zero-order chi connectivity index (χ0) is 12.3. The van der Waals surface area contributed by atoms with Gasteiger partial charge in [-0.2, -0.15) is 0 Å². The summed E-state index contributed by atoms with van der Waals surface area (Å²) in [7, 11) is 0. The van der Waals surface area contributed by atoms with E-state index in [-0.39, 0.29) is 0 Å². The third-order valence-electron chi connectivity index (χ3n) is 2.40. The highest BCUT2D eigenvalue weighted by Crippen LogP contribution is 2.28. The molecule has 88 valence electrons. The zero-order valence-corrected chi connectivity index (χ0v) is 10.2. The molecule has 0 bridgehead atoms. The van der Waals surface area contributed by atoms with Crippen LogP contribution in [0.2, 0.25) is 0 Å². The van der Waals surface area contributed by atoms with Crippen LogP contribution in [0.5, 0.6) is 5.75 Å². The third-order valence-corrected chi connectivity index (χ3v) is 2.77. The summed E-state index contributed by atoms with van der Waals surface area (Å²) in [5, 5.41) is 0.912. The van der Waals surface area contributed by atoms with Crippen molar-refractivity contribution in [1.29, 1.82) is 0 Å². The Balaban J connectivity index is 2.38. The first-order valence-corrected chi connectivity index (χ1v) is 5.68. The number of hydrogen-bond acceptors (Lipinski definition) is 3. The van der Waals surface area contributed by atoms with Crippen molar-refractivity contribution < 1.29 is 4.74 Å². The molecule has 0 spiro atoms. The van der Waals surface area contributed by atoms with Crippen LogP contribution in [0.25, 0.3) is 10.9 Å². The lowest BCUT2D eigenvalue weighted by Crippen LogP contribution is -2.00. The maximum atomic E-state index is 5.86. The minimum Gasteiger partial charge on any atom is -0.489 e. The van der Waals surface area contributed by atoms with Crippen LogP contribution in [0, 0.1) is 0 Å². The summed E-state index contributed by atoms with van der Waals surface area (Å²) in [5.41, 5.74) is 9.74. The van der Waals surface area contributed by atoms with Gasteiger partial charge >= 0.3 is 0 Å². The Hall–Kier alpha value is -1.74. The monoisotopic (exact) mass is 248 g/mol. The molecule has 3 nitrogen and oxygen atoms in total. The van der Waals surface area contributed by atoms with Gasteiger partial charge in [0.1, 0.15) is 12.4 Å². The van der Waals surface area contributed by atoms with Gasteiger partial charge in [-0.1, -0.05) is 11.6 Å². The average Bonchev–Trinajstić information content (AvgIpc) is 2.38. The van der Waals surface area contributed by atoms with Crippen molar-refractivity contribution in [1.82, 2.24) is 4.98 Å². The minimum absolute atomic E-state index is 0.456. The third kappa shape index (κ3) is 2.50. The summed E-state index contributed by atoms with van der Waals surface area (Å²) >= 11 is 5.59. The van der Waals surface area contributed by atoms with Crippen molar-refractivity contribution in [2.75, 3.05) is 12.3 Å². The summed E-state index contributed by atoms with van der Waals surface area (Å²) < 4.78 is 5.68. The summed E-state index contributed by atoms with van der Waals surface area (Å²) in [6.45, 7) is 2.36. The molecule has 0 saturated carbocycles. The predicted octanol–water partition coefficient (Wildman–Crippen LogP) is 3.34. The maximum absolute atomic E-state index is 5.86. The van der Waals surface area contributed by atoms with Crippen LogP contribution >= 0.6 is 11.6 Å². The molecule has 0 unspecified atom stereocenters. The number of anilines is 1. The van der Waals surface area contributed by atoms with Gasteiger partial charge in [-0.15, -0.1) is 0 Å². The Morgan fingerprint density at radius 1 is 1.47 bits per heavy atom. The zero-order valence-electron chi connectivity index (χ0n) is 9.48. The van der Waals surface area contributed by atoms with Crippen LogP contribution in [0.1, 0.15) is 6.92 Å². The normalized spacial score (nSPS) is 11.8. The van der Waals surface area contributed by atoms with Crippen molar-refractivity contribution in [2.45, 2.75) is 6.92 Å². The summed E-state index contributed by atoms with van der Waals surface area (Å²) in [4.78, 5) is 4.24. The standard InChI is InChI=1S/C13H13ClN2O/c1-9(7-14)8-17-12-5-4-11(15)13-10(12)3-2-6-16-13/h2-7H,8,15H2,1H3/b9-7-. The number of nitrogen functional groups attached to an aromatic ring is 1. The molecule has 0 aliphatic carbocycles. The molecule has 2 aromatic rings. The highest BCUT2D eigenvalue weighted by molar-refractivity contribution is 6.25. The van der Waals surface area contributed by atoms with Gasteiger partial charge in [0.05, 0.1) is 11.2 Å². The van der Waals surface area contributed by atoms with E-state index in [9.17, 15) is 0 Å². The maximum Gasteiger partial charge on any atom is 0.129 e. The first-order valence-electron chi connectivity index (χ1n) is 5.24. The highest BCUT2D eigenvalue weighted by atomic mass is 35.5. The van der Waals surface area contributed by atoms with Crippen LogP contribution in [0.15, 0.2) is 41.6 Å². The number of fused-ring (bicyclic) bond motifs is 1. The van der Waals surface area contributed by atoms with E-state index in [1.165, 1.54) is 5.54 Å². The van der Waals surface area contributed by atoms with Crippen molar-refractivity contribution in [3.8, 4) is 5.75 Å². The number of nitrogens with zero attached hydrogens (tertiary/aromatic N) is 1. The molecule has 0 saturated heterocycles. The first kappa shape index (κ1) is 11.7. The van der Waals surface area contributed by atoms with E-state index in [0.29, 0.717) is 12.3 Å². The molecule has 4 heteroatoms. The van der Waals surface area contributed by atoms with Crippen LogP contribution in [0.4, 0.5) is 5.69 Å². The van der Waals surface area contributed by atoms with Gasteiger partial charge in [-0.25, -0.2) is 0 Å². The molecular weight excluding hydrogens is 236 g/mol. The Bertz CT molecular complexity index is 566. The molecule has 1 heterocycles. The predicted molar refractivity (Wildman–Crippen MR) is 71.3 cm³/mol. The van der Waals surface area contributed by atoms with Crippen LogP contribution in [-0.4, -0.2) is 11.6 Å². The van der Waals surface area contributed by atoms with Gasteiger partial charge in [0, 0.05) is 17.1 Å². The van der Waals surface area contributed by atoms with Gasteiger partial charge < -0.3 is 10.5 Å². The van der Waals surface area contributed by atoms with Crippen molar-refractivity contribution in [2.24, 2.45) is 0 Å². The van der Waals surface area contributed by atoms with Crippen molar-refractivity contribution in [3.05, 3.63) is 41.6 Å². The van der Waals surface area contributed by atoms with Crippen LogP contribution in [-0.2, 0) is 0 Å². The molecule has 2 rings (SSSR count). The van der Waals surface area contributed by atoms with E-state index in [2.05, 4.69) is 4.98 Å². The summed E-state index contributed by atoms with van der Waals surface area (Å²) in [5.74, 6) is 0.764. The fraction of sp³-hybridized carbons (Fsp3) is 0.154. The van der Waals surface area contributed by atoms with E-state index < -0.39 is 0 Å². The number of hydrogen-bond donors (Lipinski definition) is 1. The number of rotatable bonds is 3. The number of halogens is 1. The van der Waals surface area contributed by atoms with E-state index in [0.717, 1.165) is 22.2 Å². The summed E-state index contributed by atoms with van der Waals surface area (Å²) in [6, 6.07) is 7.44. The number of benzene rings is 1. The molecule has 1 aromatic heterocycles. The Morgan fingerprint density at radius 2 is 2.29 bits per heavy atom. The molecular formula is C13H13ClN2O. The van der Waals surface area contributed by atoms with E-state index in [4.69, 9.17) is 22.1 Å². The molecule has 17 heavy (non-hydrogen) atoms. The molecule has 0 aliphatic rings. The van der Waals surface area contributed by atoms with Crippen LogP contribution < -0.4 is 10.5 Å². The number of aromatic nitrogens is 1. The molecule has 0 aliphatic heterocycles. The SMILES string of the molecule is C/C(=C/Cl)COc1ccc(N)c2ncccc12. The molecule has 0 fully saturated rings. The van der Waals surface area contributed by atoms with Gasteiger partial charge in [0.15, 0.2) is 0 Å². The van der Waals surface area contributed by atoms with Crippen molar-refractivity contribution >= 4 is 28.2 Å². The second-order valence-corrected chi connectivity index (χ2v) is 4.01. The van der Waals surface area contributed by atoms with Crippen molar-refractivity contribution in [3.63, 3.8) is 0 Å². The molecule has 0 amide bonds. The Kier molecular flexibility index (Phi) is 3.49. The largest absolute Gasteiger partial charge is 0.489 e. The van der Waals surface area contributed by atoms with E-state index >= 15 is 0 Å². The Labute approximate surface area is 105 Å². The molecule has 1 aromatic carbocycles. The van der Waals surface area contributed by atoms with Crippen LogP contribution in [0.3, 0.4) is 0 Å². The summed E-state index contributed by atoms with van der Waals surface area (Å²) in [6.07, 6.45) is 1.71. The second-order valence-electron chi connectivity index (χ2n) is 3.80. The lowest BCUT2D eigenvalue weighted by molar-refractivity contribution is 0.356. The molecule has 2 N–H and O–H groups in total. The van der Waals surface area contributed by atoms with Gasteiger partial charge in [0.2, 0.25) is 0 Å². The number of pyridine rings is 1. The number of ether oxygens (including phenoxy) is 1. The van der Waals surface area contributed by atoms with E-state index in [1.807, 2.05) is 25.1 Å². The topological polar surface area (TPSA) is 48.1 Å². The molecule has 0 radical (unpaired) electrons. The lowest BCUT2D eigenvalue weighted by Gasteiger charge is -2.10. The average molecular weight is 249 g/mol. The minimum atomic E-state index is 0.456. The smallest absolute Gasteiger partial charge is 0.129 e. The van der Waals surface area contributed by atoms with Gasteiger partial charge in [-0.3, -0.25) is 4.98 Å². The first-order chi connectivity index (χ1) is 8.22. The second kappa shape index (κ2) is 5.06. The number of nitrogens with two attached hydrogens (primary N) is 1. The quantitative estimate of drug-likeness (QED) is 0.848. The fourth-order valence-electron chi connectivity index (χ4n) is 1.52. The lowest BCUT2D eigenvalue weighted by atomic mass is 10.2. The van der Waals surface area contributed by atoms with E-state index in [1.54, 1.807) is 12.3 Å².